The van der Waals surface area contributed by atoms with E-state index in [0.717, 1.165) is 11.3 Å². The van der Waals surface area contributed by atoms with Crippen LogP contribution in [0.4, 0.5) is 0 Å². The average molecular weight is 208 g/mol. The maximum absolute atomic E-state index is 9.14. The number of rotatable bonds is 2. The lowest BCUT2D eigenvalue weighted by atomic mass is 10.1. The monoisotopic (exact) mass is 208 g/mol. The molecule has 0 aliphatic heterocycles. The standard InChI is InChI=1S/C14H12N2/c1-16-9-5-8-14(16)10-13(11-15)12-6-3-2-4-7-12/h2-10H,1H3/b13-10-. The number of allylic oxidation sites excluding steroid dienone is 1. The highest BCUT2D eigenvalue weighted by Crippen LogP contribution is 2.17. The SMILES string of the molecule is Cn1cccc1/C=C(/C#N)c1ccccc1. The zero-order chi connectivity index (χ0) is 11.4. The first kappa shape index (κ1) is 10.3. The van der Waals surface area contributed by atoms with E-state index in [2.05, 4.69) is 6.07 Å². The summed E-state index contributed by atoms with van der Waals surface area (Å²) in [6, 6.07) is 15.9. The zero-order valence-corrected chi connectivity index (χ0v) is 9.09. The molecule has 0 saturated heterocycles. The summed E-state index contributed by atoms with van der Waals surface area (Å²) < 4.78 is 1.99. The van der Waals surface area contributed by atoms with E-state index in [1.807, 2.05) is 66.4 Å². The molecule has 1 aromatic carbocycles. The van der Waals surface area contributed by atoms with Crippen LogP contribution in [0.2, 0.25) is 0 Å². The fourth-order valence-electron chi connectivity index (χ4n) is 1.57. The Balaban J connectivity index is 2.43. The molecule has 1 aromatic heterocycles. The second kappa shape index (κ2) is 4.50. The van der Waals surface area contributed by atoms with E-state index in [-0.39, 0.29) is 0 Å². The summed E-state index contributed by atoms with van der Waals surface area (Å²) in [5, 5.41) is 9.14. The first-order valence-corrected chi connectivity index (χ1v) is 5.10. The van der Waals surface area contributed by atoms with Crippen molar-refractivity contribution in [2.45, 2.75) is 0 Å². The number of hydrogen-bond acceptors (Lipinski definition) is 1. The van der Waals surface area contributed by atoms with Crippen LogP contribution in [0.5, 0.6) is 0 Å². The lowest BCUT2D eigenvalue weighted by Gasteiger charge is -2.00. The quantitative estimate of drug-likeness (QED) is 0.697. The third-order valence-electron chi connectivity index (χ3n) is 2.48. The van der Waals surface area contributed by atoms with Crippen LogP contribution in [0.25, 0.3) is 11.6 Å². The van der Waals surface area contributed by atoms with Gasteiger partial charge < -0.3 is 4.57 Å². The Morgan fingerprint density at radius 2 is 1.94 bits per heavy atom. The van der Waals surface area contributed by atoms with E-state index >= 15 is 0 Å². The molecule has 2 nitrogen and oxygen atoms in total. The van der Waals surface area contributed by atoms with Crippen LogP contribution < -0.4 is 0 Å². The molecule has 1 heterocycles. The Labute approximate surface area is 95.1 Å². The van der Waals surface area contributed by atoms with Crippen LogP contribution in [-0.2, 0) is 7.05 Å². The van der Waals surface area contributed by atoms with Gasteiger partial charge in [0, 0.05) is 18.9 Å². The molecule has 0 radical (unpaired) electrons. The van der Waals surface area contributed by atoms with Crippen molar-refractivity contribution in [1.82, 2.24) is 4.57 Å². The molecule has 2 rings (SSSR count). The second-order valence-corrected chi connectivity index (χ2v) is 3.58. The summed E-state index contributed by atoms with van der Waals surface area (Å²) in [7, 11) is 1.96. The average Bonchev–Trinajstić information content (AvgIpc) is 2.73. The maximum Gasteiger partial charge on any atom is 0.0998 e. The first-order valence-electron chi connectivity index (χ1n) is 5.10. The summed E-state index contributed by atoms with van der Waals surface area (Å²) in [6.07, 6.45) is 3.86. The summed E-state index contributed by atoms with van der Waals surface area (Å²) in [4.78, 5) is 0. The molecule has 0 amide bonds. The van der Waals surface area contributed by atoms with Crippen molar-refractivity contribution < 1.29 is 0 Å². The normalized spacial score (nSPS) is 11.1. The third kappa shape index (κ3) is 2.04. The van der Waals surface area contributed by atoms with Crippen molar-refractivity contribution in [1.29, 1.82) is 5.26 Å². The van der Waals surface area contributed by atoms with Crippen molar-refractivity contribution in [2.24, 2.45) is 7.05 Å². The second-order valence-electron chi connectivity index (χ2n) is 3.58. The molecule has 0 fully saturated rings. The minimum Gasteiger partial charge on any atom is -0.351 e. The van der Waals surface area contributed by atoms with Crippen LogP contribution in [0, 0.1) is 11.3 Å². The van der Waals surface area contributed by atoms with Crippen molar-refractivity contribution in [2.75, 3.05) is 0 Å². The van der Waals surface area contributed by atoms with Gasteiger partial charge in [-0.15, -0.1) is 0 Å². The molecule has 2 aromatic rings. The van der Waals surface area contributed by atoms with Crippen molar-refractivity contribution in [3.8, 4) is 6.07 Å². The summed E-state index contributed by atoms with van der Waals surface area (Å²) in [5.74, 6) is 0. The number of benzene rings is 1. The Hall–Kier alpha value is -2.27. The van der Waals surface area contributed by atoms with Gasteiger partial charge in [0.25, 0.3) is 0 Å². The minimum atomic E-state index is 0.683. The van der Waals surface area contributed by atoms with Gasteiger partial charge in [-0.25, -0.2) is 0 Å². The van der Waals surface area contributed by atoms with Crippen LogP contribution >= 0.6 is 0 Å². The van der Waals surface area contributed by atoms with Crippen LogP contribution in [0.15, 0.2) is 48.7 Å². The largest absolute Gasteiger partial charge is 0.351 e. The fraction of sp³-hybridized carbons (Fsp3) is 0.0714. The van der Waals surface area contributed by atoms with E-state index in [0.29, 0.717) is 5.57 Å². The van der Waals surface area contributed by atoms with Crippen molar-refractivity contribution >= 4 is 11.6 Å². The highest BCUT2D eigenvalue weighted by atomic mass is 14.9. The molecule has 0 aliphatic carbocycles. The molecular weight excluding hydrogens is 196 g/mol. The Morgan fingerprint density at radius 1 is 1.19 bits per heavy atom. The van der Waals surface area contributed by atoms with Gasteiger partial charge in [-0.1, -0.05) is 30.3 Å². The first-order chi connectivity index (χ1) is 7.81. The van der Waals surface area contributed by atoms with Gasteiger partial charge in [0.05, 0.1) is 11.6 Å². The minimum absolute atomic E-state index is 0.683. The van der Waals surface area contributed by atoms with Gasteiger partial charge in [0.2, 0.25) is 0 Å². The van der Waals surface area contributed by atoms with Gasteiger partial charge in [-0.2, -0.15) is 5.26 Å². The fourth-order valence-corrected chi connectivity index (χ4v) is 1.57. The smallest absolute Gasteiger partial charge is 0.0998 e. The van der Waals surface area contributed by atoms with Gasteiger partial charge in [-0.05, 0) is 23.8 Å². The zero-order valence-electron chi connectivity index (χ0n) is 9.09. The Bertz CT molecular complexity index is 542. The summed E-state index contributed by atoms with van der Waals surface area (Å²) >= 11 is 0. The third-order valence-corrected chi connectivity index (χ3v) is 2.48. The number of nitriles is 1. The molecule has 16 heavy (non-hydrogen) atoms. The van der Waals surface area contributed by atoms with E-state index < -0.39 is 0 Å². The van der Waals surface area contributed by atoms with Crippen molar-refractivity contribution in [3.63, 3.8) is 0 Å². The van der Waals surface area contributed by atoms with Gasteiger partial charge >= 0.3 is 0 Å². The molecule has 0 unspecified atom stereocenters. The maximum atomic E-state index is 9.14. The summed E-state index contributed by atoms with van der Waals surface area (Å²) in [6.45, 7) is 0. The molecule has 0 aliphatic rings. The lowest BCUT2D eigenvalue weighted by Crippen LogP contribution is -1.89. The molecule has 0 N–H and O–H groups in total. The van der Waals surface area contributed by atoms with Crippen LogP contribution in [-0.4, -0.2) is 4.57 Å². The highest BCUT2D eigenvalue weighted by molar-refractivity contribution is 5.88. The molecule has 2 heteroatoms. The predicted octanol–water partition coefficient (Wildman–Crippen LogP) is 3.09. The van der Waals surface area contributed by atoms with E-state index in [9.17, 15) is 0 Å². The molecule has 0 atom stereocenters. The molecule has 0 bridgehead atoms. The highest BCUT2D eigenvalue weighted by Gasteiger charge is 2.01. The Morgan fingerprint density at radius 3 is 2.50 bits per heavy atom. The van der Waals surface area contributed by atoms with Crippen LogP contribution in [0.1, 0.15) is 11.3 Å². The van der Waals surface area contributed by atoms with Crippen molar-refractivity contribution in [3.05, 3.63) is 59.9 Å². The number of nitrogens with zero attached hydrogens (tertiary/aromatic N) is 2. The Kier molecular flexibility index (Phi) is 2.88. The van der Waals surface area contributed by atoms with E-state index in [1.54, 1.807) is 0 Å². The van der Waals surface area contributed by atoms with Gasteiger partial charge in [0.15, 0.2) is 0 Å². The predicted molar refractivity (Wildman–Crippen MR) is 65.3 cm³/mol. The molecule has 0 saturated carbocycles. The van der Waals surface area contributed by atoms with Gasteiger partial charge in [0.1, 0.15) is 0 Å². The van der Waals surface area contributed by atoms with Gasteiger partial charge in [-0.3, -0.25) is 0 Å². The van der Waals surface area contributed by atoms with E-state index in [4.69, 9.17) is 5.26 Å². The number of aryl methyl sites for hydroxylation is 1. The molecule has 78 valence electrons. The summed E-state index contributed by atoms with van der Waals surface area (Å²) in [5.41, 5.74) is 2.66. The number of hydrogen-bond donors (Lipinski definition) is 0. The lowest BCUT2D eigenvalue weighted by molar-refractivity contribution is 0.915. The topological polar surface area (TPSA) is 28.7 Å². The van der Waals surface area contributed by atoms with Crippen LogP contribution in [0.3, 0.4) is 0 Å². The molecule has 0 spiro atoms. The molecular formula is C14H12N2. The number of aromatic nitrogens is 1. The van der Waals surface area contributed by atoms with E-state index in [1.165, 1.54) is 0 Å².